The Morgan fingerprint density at radius 2 is 2.20 bits per heavy atom. The molecule has 3 heterocycles. The van der Waals surface area contributed by atoms with E-state index in [1.54, 1.807) is 4.68 Å². The number of nitrogens with one attached hydrogen (secondary N) is 1. The van der Waals surface area contributed by atoms with Crippen molar-refractivity contribution in [2.24, 2.45) is 0 Å². The van der Waals surface area contributed by atoms with Gasteiger partial charge in [-0.1, -0.05) is 11.6 Å². The van der Waals surface area contributed by atoms with Crippen molar-refractivity contribution < 1.29 is 14.3 Å². The lowest BCUT2D eigenvalue weighted by atomic mass is 9.95. The van der Waals surface area contributed by atoms with Gasteiger partial charge in [0.15, 0.2) is 5.65 Å². The summed E-state index contributed by atoms with van der Waals surface area (Å²) >= 11 is 6.59. The fourth-order valence-corrected chi connectivity index (χ4v) is 4.11. The number of halogens is 1. The molecule has 2 aromatic heterocycles. The number of anilines is 1. The normalized spacial score (nSPS) is 17.1. The van der Waals surface area contributed by atoms with Crippen molar-refractivity contribution in [1.82, 2.24) is 25.1 Å². The van der Waals surface area contributed by atoms with Gasteiger partial charge in [-0.3, -0.25) is 0 Å². The van der Waals surface area contributed by atoms with Crippen LogP contribution in [-0.4, -0.2) is 39.0 Å². The molecule has 1 unspecified atom stereocenters. The SMILES string of the molecule is CCOc1c(C(C)n2nc(C)c3c(N)ncnc32)cc(Cl)c(C)c1[C@H]1CNC(=O)O1. The number of rotatable bonds is 5. The van der Waals surface area contributed by atoms with Crippen molar-refractivity contribution in [2.75, 3.05) is 18.9 Å². The topological polar surface area (TPSA) is 117 Å². The monoisotopic (exact) mass is 430 g/mol. The van der Waals surface area contributed by atoms with Crippen LogP contribution >= 0.6 is 11.6 Å². The zero-order valence-electron chi connectivity index (χ0n) is 17.2. The van der Waals surface area contributed by atoms with Gasteiger partial charge in [-0.25, -0.2) is 19.4 Å². The molecule has 1 saturated heterocycles. The van der Waals surface area contributed by atoms with E-state index in [1.807, 2.05) is 33.8 Å². The Bertz CT molecular complexity index is 1150. The number of fused-ring (bicyclic) bond motifs is 1. The van der Waals surface area contributed by atoms with Crippen LogP contribution in [0.4, 0.5) is 10.6 Å². The van der Waals surface area contributed by atoms with Gasteiger partial charge in [-0.15, -0.1) is 0 Å². The van der Waals surface area contributed by atoms with E-state index >= 15 is 0 Å². The third-order valence-electron chi connectivity index (χ3n) is 5.35. The van der Waals surface area contributed by atoms with Gasteiger partial charge in [0.05, 0.1) is 30.3 Å². The minimum Gasteiger partial charge on any atom is -0.493 e. The van der Waals surface area contributed by atoms with Gasteiger partial charge in [0.25, 0.3) is 0 Å². The number of aromatic nitrogens is 4. The fourth-order valence-electron chi connectivity index (χ4n) is 3.89. The Balaban J connectivity index is 1.91. The van der Waals surface area contributed by atoms with Crippen LogP contribution in [0.2, 0.25) is 5.02 Å². The largest absolute Gasteiger partial charge is 0.493 e. The van der Waals surface area contributed by atoms with Gasteiger partial charge in [-0.05, 0) is 39.3 Å². The molecular weight excluding hydrogens is 408 g/mol. The van der Waals surface area contributed by atoms with Crippen LogP contribution in [0, 0.1) is 13.8 Å². The summed E-state index contributed by atoms with van der Waals surface area (Å²) in [6.45, 7) is 8.43. The van der Waals surface area contributed by atoms with Crippen LogP contribution in [-0.2, 0) is 4.74 Å². The molecule has 1 fully saturated rings. The highest BCUT2D eigenvalue weighted by atomic mass is 35.5. The highest BCUT2D eigenvalue weighted by molar-refractivity contribution is 6.31. The summed E-state index contributed by atoms with van der Waals surface area (Å²) < 4.78 is 13.3. The third-order valence-corrected chi connectivity index (χ3v) is 5.75. The van der Waals surface area contributed by atoms with Crippen LogP contribution < -0.4 is 15.8 Å². The molecule has 2 atom stereocenters. The number of cyclic esters (lactones) is 1. The quantitative estimate of drug-likeness (QED) is 0.636. The van der Waals surface area contributed by atoms with Crippen LogP contribution in [0.15, 0.2) is 12.4 Å². The van der Waals surface area contributed by atoms with E-state index in [0.29, 0.717) is 35.4 Å². The number of hydrogen-bond acceptors (Lipinski definition) is 7. The van der Waals surface area contributed by atoms with E-state index in [-0.39, 0.29) is 6.04 Å². The molecule has 1 aliphatic heterocycles. The number of amides is 1. The van der Waals surface area contributed by atoms with Crippen LogP contribution in [0.5, 0.6) is 5.75 Å². The van der Waals surface area contributed by atoms with E-state index in [1.165, 1.54) is 6.33 Å². The van der Waals surface area contributed by atoms with E-state index < -0.39 is 12.2 Å². The molecule has 3 aromatic rings. The number of ether oxygens (including phenoxy) is 2. The van der Waals surface area contributed by atoms with E-state index in [4.69, 9.17) is 26.8 Å². The predicted molar refractivity (Wildman–Crippen MR) is 113 cm³/mol. The fraction of sp³-hybridized carbons (Fsp3) is 0.400. The van der Waals surface area contributed by atoms with Crippen molar-refractivity contribution in [3.63, 3.8) is 0 Å². The maximum Gasteiger partial charge on any atom is 0.407 e. The minimum absolute atomic E-state index is 0.279. The maximum absolute atomic E-state index is 11.7. The Morgan fingerprint density at radius 3 is 2.87 bits per heavy atom. The summed E-state index contributed by atoms with van der Waals surface area (Å²) in [5.41, 5.74) is 9.79. The molecule has 3 N–H and O–H groups in total. The molecule has 1 amide bonds. The first-order chi connectivity index (χ1) is 14.3. The maximum atomic E-state index is 11.7. The second-order valence-electron chi connectivity index (χ2n) is 7.19. The standard InChI is InChI=1S/C20H23ClN6O3/c1-5-29-17-12(6-13(21)9(2)15(17)14-7-23-20(28)30-14)11(4)27-19-16(10(3)26-27)18(22)24-8-25-19/h6,8,11,14H,5,7H2,1-4H3,(H,23,28)(H2,22,24,25)/t11?,14-/m1/s1. The Hall–Kier alpha value is -3.07. The average Bonchev–Trinajstić information content (AvgIpc) is 3.28. The number of nitrogen functional groups attached to an aromatic ring is 1. The molecule has 0 spiro atoms. The van der Waals surface area contributed by atoms with Crippen LogP contribution in [0.1, 0.15) is 48.4 Å². The first kappa shape index (κ1) is 20.2. The number of alkyl carbamates (subject to hydrolysis) is 1. The zero-order chi connectivity index (χ0) is 21.6. The van der Waals surface area contributed by atoms with E-state index in [9.17, 15) is 4.79 Å². The van der Waals surface area contributed by atoms with Crippen molar-refractivity contribution in [1.29, 1.82) is 0 Å². The van der Waals surface area contributed by atoms with Gasteiger partial charge in [0.1, 0.15) is 24.0 Å². The lowest BCUT2D eigenvalue weighted by Crippen LogP contribution is -2.16. The van der Waals surface area contributed by atoms with E-state index in [2.05, 4.69) is 20.4 Å². The summed E-state index contributed by atoms with van der Waals surface area (Å²) in [6, 6.07) is 1.59. The van der Waals surface area contributed by atoms with Crippen molar-refractivity contribution in [2.45, 2.75) is 39.8 Å². The lowest BCUT2D eigenvalue weighted by Gasteiger charge is -2.24. The zero-order valence-corrected chi connectivity index (χ0v) is 17.9. The molecule has 9 nitrogen and oxygen atoms in total. The molecule has 4 rings (SSSR count). The van der Waals surface area contributed by atoms with Crippen LogP contribution in [0.3, 0.4) is 0 Å². The number of nitrogens with zero attached hydrogens (tertiary/aromatic N) is 4. The number of hydrogen-bond donors (Lipinski definition) is 2. The predicted octanol–water partition coefficient (Wildman–Crippen LogP) is 3.47. The number of carbonyl (C=O) groups excluding carboxylic acids is 1. The van der Waals surface area contributed by atoms with Gasteiger partial charge >= 0.3 is 6.09 Å². The number of aryl methyl sites for hydroxylation is 1. The first-order valence-corrected chi connectivity index (χ1v) is 10.1. The summed E-state index contributed by atoms with van der Waals surface area (Å²) in [5.74, 6) is 1.02. The molecule has 0 bridgehead atoms. The van der Waals surface area contributed by atoms with Gasteiger partial charge in [0, 0.05) is 16.1 Å². The molecule has 0 radical (unpaired) electrons. The second kappa shape index (κ2) is 7.64. The summed E-state index contributed by atoms with van der Waals surface area (Å²) in [5, 5.41) is 8.62. The van der Waals surface area contributed by atoms with E-state index in [0.717, 1.165) is 27.8 Å². The summed E-state index contributed by atoms with van der Waals surface area (Å²) in [6.07, 6.45) is 0.470. The Morgan fingerprint density at radius 1 is 1.43 bits per heavy atom. The molecule has 158 valence electrons. The molecular formula is C20H23ClN6O3. The second-order valence-corrected chi connectivity index (χ2v) is 7.59. The lowest BCUT2D eigenvalue weighted by molar-refractivity contribution is 0.138. The average molecular weight is 431 g/mol. The van der Waals surface area contributed by atoms with Gasteiger partial charge < -0.3 is 20.5 Å². The summed E-state index contributed by atoms with van der Waals surface area (Å²) in [7, 11) is 0. The smallest absolute Gasteiger partial charge is 0.407 e. The Kier molecular flexibility index (Phi) is 5.15. The Labute approximate surface area is 178 Å². The molecule has 1 aliphatic rings. The molecule has 0 saturated carbocycles. The number of benzene rings is 1. The highest BCUT2D eigenvalue weighted by Crippen LogP contribution is 2.42. The third kappa shape index (κ3) is 3.19. The van der Waals surface area contributed by atoms with Crippen molar-refractivity contribution in [3.05, 3.63) is 39.8 Å². The summed E-state index contributed by atoms with van der Waals surface area (Å²) in [4.78, 5) is 20.1. The minimum atomic E-state index is -0.488. The van der Waals surface area contributed by atoms with Crippen LogP contribution in [0.25, 0.3) is 11.0 Å². The van der Waals surface area contributed by atoms with Gasteiger partial charge in [0.2, 0.25) is 0 Å². The van der Waals surface area contributed by atoms with Crippen molar-refractivity contribution >= 4 is 34.5 Å². The number of nitrogens with two attached hydrogens (primary N) is 1. The van der Waals surface area contributed by atoms with Gasteiger partial charge in [-0.2, -0.15) is 5.10 Å². The highest BCUT2D eigenvalue weighted by Gasteiger charge is 2.32. The molecule has 30 heavy (non-hydrogen) atoms. The molecule has 0 aliphatic carbocycles. The molecule has 1 aromatic carbocycles. The first-order valence-electron chi connectivity index (χ1n) is 9.68. The number of carbonyl (C=O) groups is 1. The van der Waals surface area contributed by atoms with Crippen molar-refractivity contribution in [3.8, 4) is 5.75 Å². The molecule has 10 heteroatoms.